The van der Waals surface area contributed by atoms with Gasteiger partial charge in [-0.2, -0.15) is 0 Å². The monoisotopic (exact) mass is 275 g/mol. The average Bonchev–Trinajstić information content (AvgIpc) is 2.41. The zero-order valence-corrected chi connectivity index (χ0v) is 10.8. The number of rotatable bonds is 4. The Bertz CT molecular complexity index is 643. The molecule has 1 atom stereocenters. The van der Waals surface area contributed by atoms with Gasteiger partial charge in [-0.05, 0) is 42.8 Å². The van der Waals surface area contributed by atoms with Gasteiger partial charge in [-0.25, -0.2) is 9.18 Å². The molecule has 0 bridgehead atoms. The number of aromatic hydroxyl groups is 1. The standard InChI is InChI=1S/C15H14FNO3/c1-9(10-3-2-4-12(18)7-10)17-14-8-11(15(19)20)5-6-13(14)16/h2-9,17-18H,1H3,(H,19,20). The molecule has 2 rings (SSSR count). The van der Waals surface area contributed by atoms with Crippen LogP contribution >= 0.6 is 0 Å². The number of hydrogen-bond acceptors (Lipinski definition) is 3. The van der Waals surface area contributed by atoms with Gasteiger partial charge in [0.05, 0.1) is 11.3 Å². The predicted octanol–water partition coefficient (Wildman–Crippen LogP) is 3.40. The lowest BCUT2D eigenvalue weighted by Gasteiger charge is -2.16. The number of aromatic carboxylic acids is 1. The maximum Gasteiger partial charge on any atom is 0.335 e. The molecule has 0 spiro atoms. The first-order valence-corrected chi connectivity index (χ1v) is 6.05. The molecule has 0 aliphatic heterocycles. The van der Waals surface area contributed by atoms with Crippen LogP contribution < -0.4 is 5.32 Å². The molecular formula is C15H14FNO3. The number of carboxylic acid groups (broad SMARTS) is 1. The lowest BCUT2D eigenvalue weighted by atomic mass is 10.1. The molecule has 0 aromatic heterocycles. The fraction of sp³-hybridized carbons (Fsp3) is 0.133. The molecule has 2 aromatic carbocycles. The van der Waals surface area contributed by atoms with E-state index in [4.69, 9.17) is 5.11 Å². The summed E-state index contributed by atoms with van der Waals surface area (Å²) < 4.78 is 13.7. The van der Waals surface area contributed by atoms with E-state index in [1.165, 1.54) is 12.1 Å². The summed E-state index contributed by atoms with van der Waals surface area (Å²) in [7, 11) is 0. The largest absolute Gasteiger partial charge is 0.508 e. The Morgan fingerprint density at radius 1 is 1.25 bits per heavy atom. The van der Waals surface area contributed by atoms with Crippen LogP contribution in [0.1, 0.15) is 28.9 Å². The minimum atomic E-state index is -1.11. The molecule has 0 heterocycles. The number of hydrogen-bond donors (Lipinski definition) is 3. The fourth-order valence-corrected chi connectivity index (χ4v) is 1.88. The first-order chi connectivity index (χ1) is 9.47. The molecular weight excluding hydrogens is 261 g/mol. The average molecular weight is 275 g/mol. The van der Waals surface area contributed by atoms with Crippen molar-refractivity contribution < 1.29 is 19.4 Å². The number of anilines is 1. The van der Waals surface area contributed by atoms with Crippen LogP contribution in [-0.4, -0.2) is 16.2 Å². The second kappa shape index (κ2) is 5.61. The lowest BCUT2D eigenvalue weighted by Crippen LogP contribution is -2.09. The topological polar surface area (TPSA) is 69.6 Å². The minimum absolute atomic E-state index is 0.0111. The SMILES string of the molecule is CC(Nc1cc(C(=O)O)ccc1F)c1cccc(O)c1. The smallest absolute Gasteiger partial charge is 0.335 e. The third-order valence-electron chi connectivity index (χ3n) is 2.96. The van der Waals surface area contributed by atoms with E-state index >= 15 is 0 Å². The summed E-state index contributed by atoms with van der Waals surface area (Å²) in [5.41, 5.74) is 0.892. The van der Waals surface area contributed by atoms with Crippen molar-refractivity contribution in [1.29, 1.82) is 0 Å². The molecule has 104 valence electrons. The van der Waals surface area contributed by atoms with Crippen LogP contribution in [0.4, 0.5) is 10.1 Å². The van der Waals surface area contributed by atoms with Crippen LogP contribution in [0.5, 0.6) is 5.75 Å². The maximum atomic E-state index is 13.7. The van der Waals surface area contributed by atoms with Gasteiger partial charge in [0.25, 0.3) is 0 Å². The van der Waals surface area contributed by atoms with Gasteiger partial charge in [0.2, 0.25) is 0 Å². The summed E-state index contributed by atoms with van der Waals surface area (Å²) in [6, 6.07) is 9.88. The molecule has 2 aromatic rings. The quantitative estimate of drug-likeness (QED) is 0.799. The van der Waals surface area contributed by atoms with Crippen molar-refractivity contribution in [2.45, 2.75) is 13.0 Å². The van der Waals surface area contributed by atoms with Crippen molar-refractivity contribution in [3.8, 4) is 5.75 Å². The van der Waals surface area contributed by atoms with Gasteiger partial charge in [0.15, 0.2) is 0 Å². The van der Waals surface area contributed by atoms with E-state index < -0.39 is 11.8 Å². The second-order valence-corrected chi connectivity index (χ2v) is 4.46. The molecule has 3 N–H and O–H groups in total. The van der Waals surface area contributed by atoms with E-state index in [0.29, 0.717) is 0 Å². The molecule has 0 aliphatic carbocycles. The third kappa shape index (κ3) is 3.06. The number of carboxylic acids is 1. The van der Waals surface area contributed by atoms with Gasteiger partial charge < -0.3 is 15.5 Å². The predicted molar refractivity (Wildman–Crippen MR) is 73.5 cm³/mol. The van der Waals surface area contributed by atoms with Crippen LogP contribution in [0, 0.1) is 5.82 Å². The van der Waals surface area contributed by atoms with Crippen LogP contribution in [0.3, 0.4) is 0 Å². The van der Waals surface area contributed by atoms with Crippen molar-refractivity contribution in [3.05, 3.63) is 59.4 Å². The second-order valence-electron chi connectivity index (χ2n) is 4.46. The van der Waals surface area contributed by atoms with Crippen molar-refractivity contribution in [1.82, 2.24) is 0 Å². The molecule has 1 unspecified atom stereocenters. The maximum absolute atomic E-state index is 13.7. The summed E-state index contributed by atoms with van der Waals surface area (Å²) >= 11 is 0. The Labute approximate surface area is 115 Å². The van der Waals surface area contributed by atoms with Crippen molar-refractivity contribution in [3.63, 3.8) is 0 Å². The molecule has 0 fully saturated rings. The Balaban J connectivity index is 2.25. The first kappa shape index (κ1) is 13.9. The van der Waals surface area contributed by atoms with E-state index in [-0.39, 0.29) is 23.0 Å². The Morgan fingerprint density at radius 3 is 2.65 bits per heavy atom. The number of phenols is 1. The zero-order chi connectivity index (χ0) is 14.7. The minimum Gasteiger partial charge on any atom is -0.508 e. The van der Waals surface area contributed by atoms with E-state index in [9.17, 15) is 14.3 Å². The first-order valence-electron chi connectivity index (χ1n) is 6.05. The summed E-state index contributed by atoms with van der Waals surface area (Å²) in [6.45, 7) is 1.79. The van der Waals surface area contributed by atoms with Crippen LogP contribution in [0.15, 0.2) is 42.5 Å². The van der Waals surface area contributed by atoms with Gasteiger partial charge in [0.1, 0.15) is 11.6 Å². The molecule has 0 saturated carbocycles. The highest BCUT2D eigenvalue weighted by Crippen LogP contribution is 2.24. The van der Waals surface area contributed by atoms with Crippen molar-refractivity contribution in [2.24, 2.45) is 0 Å². The molecule has 5 heteroatoms. The molecule has 4 nitrogen and oxygen atoms in total. The molecule has 20 heavy (non-hydrogen) atoms. The molecule has 0 radical (unpaired) electrons. The molecule has 0 aliphatic rings. The Hall–Kier alpha value is -2.56. The van der Waals surface area contributed by atoms with E-state index in [1.54, 1.807) is 31.2 Å². The summed E-state index contributed by atoms with van der Waals surface area (Å²) in [5.74, 6) is -1.52. The zero-order valence-electron chi connectivity index (χ0n) is 10.8. The number of nitrogens with one attached hydrogen (secondary N) is 1. The highest BCUT2D eigenvalue weighted by molar-refractivity contribution is 5.88. The van der Waals surface area contributed by atoms with Gasteiger partial charge >= 0.3 is 5.97 Å². The highest BCUT2D eigenvalue weighted by Gasteiger charge is 2.12. The Morgan fingerprint density at radius 2 is 2.00 bits per heavy atom. The Kier molecular flexibility index (Phi) is 3.89. The third-order valence-corrected chi connectivity index (χ3v) is 2.96. The number of phenolic OH excluding ortho intramolecular Hbond substituents is 1. The van der Waals surface area contributed by atoms with E-state index in [0.717, 1.165) is 11.6 Å². The van der Waals surface area contributed by atoms with Crippen LogP contribution in [0.2, 0.25) is 0 Å². The molecule has 0 amide bonds. The van der Waals surface area contributed by atoms with Crippen molar-refractivity contribution >= 4 is 11.7 Å². The number of halogens is 1. The summed E-state index contributed by atoms with van der Waals surface area (Å²) in [5, 5.41) is 21.2. The lowest BCUT2D eigenvalue weighted by molar-refractivity contribution is 0.0697. The van der Waals surface area contributed by atoms with Gasteiger partial charge in [-0.3, -0.25) is 0 Å². The van der Waals surface area contributed by atoms with E-state index in [1.807, 2.05) is 0 Å². The fourth-order valence-electron chi connectivity index (χ4n) is 1.88. The van der Waals surface area contributed by atoms with Crippen LogP contribution in [0.25, 0.3) is 0 Å². The number of benzene rings is 2. The van der Waals surface area contributed by atoms with E-state index in [2.05, 4.69) is 5.32 Å². The van der Waals surface area contributed by atoms with Crippen LogP contribution in [-0.2, 0) is 0 Å². The summed E-state index contributed by atoms with van der Waals surface area (Å²) in [6.07, 6.45) is 0. The highest BCUT2D eigenvalue weighted by atomic mass is 19.1. The van der Waals surface area contributed by atoms with Gasteiger partial charge in [0, 0.05) is 6.04 Å². The van der Waals surface area contributed by atoms with Gasteiger partial charge in [-0.1, -0.05) is 12.1 Å². The summed E-state index contributed by atoms with van der Waals surface area (Å²) in [4.78, 5) is 10.9. The normalized spacial score (nSPS) is 11.9. The number of carbonyl (C=O) groups is 1. The van der Waals surface area contributed by atoms with Crippen molar-refractivity contribution in [2.75, 3.05) is 5.32 Å². The van der Waals surface area contributed by atoms with Gasteiger partial charge in [-0.15, -0.1) is 0 Å². The molecule has 0 saturated heterocycles.